The minimum absolute atomic E-state index is 0.0797. The molecule has 0 saturated carbocycles. The first-order chi connectivity index (χ1) is 9.31. The second-order valence-electron chi connectivity index (χ2n) is 4.82. The molecule has 0 aliphatic rings. The lowest BCUT2D eigenvalue weighted by molar-refractivity contribution is 0.326. The summed E-state index contributed by atoms with van der Waals surface area (Å²) in [6, 6.07) is 21.0. The lowest BCUT2D eigenvalue weighted by atomic mass is 9.86. The Bertz CT molecular complexity index is 462. The number of rotatable bonds is 6. The first-order valence-electron chi connectivity index (χ1n) is 6.68. The highest BCUT2D eigenvalue weighted by atomic mass is 16.3. The normalized spacial score (nSPS) is 10.6. The van der Waals surface area contributed by atoms with E-state index in [1.54, 1.807) is 0 Å². The van der Waals surface area contributed by atoms with Crippen LogP contribution in [0.5, 0.6) is 0 Å². The zero-order valence-electron chi connectivity index (χ0n) is 11.1. The van der Waals surface area contributed by atoms with E-state index in [1.165, 1.54) is 11.1 Å². The second kappa shape index (κ2) is 6.91. The minimum Gasteiger partial charge on any atom is -0.392 e. The largest absolute Gasteiger partial charge is 0.392 e. The Morgan fingerprint density at radius 2 is 1.37 bits per heavy atom. The van der Waals surface area contributed by atoms with Gasteiger partial charge in [-0.1, -0.05) is 72.8 Å². The maximum Gasteiger partial charge on any atom is 0.0639 e. The first kappa shape index (κ1) is 13.6. The van der Waals surface area contributed by atoms with Crippen LogP contribution in [0.25, 0.3) is 0 Å². The molecule has 0 aliphatic heterocycles. The van der Waals surface area contributed by atoms with Crippen LogP contribution in [0.3, 0.4) is 0 Å². The molecule has 0 fully saturated rings. The van der Waals surface area contributed by atoms with Crippen LogP contribution in [0.4, 0.5) is 0 Å². The molecule has 2 aromatic carbocycles. The Balaban J connectivity index is 2.21. The summed E-state index contributed by atoms with van der Waals surface area (Å²) >= 11 is 0. The van der Waals surface area contributed by atoms with Crippen molar-refractivity contribution in [3.05, 3.63) is 83.9 Å². The first-order valence-corrected chi connectivity index (χ1v) is 6.68. The van der Waals surface area contributed by atoms with Crippen LogP contribution in [0.15, 0.2) is 72.8 Å². The Kier molecular flexibility index (Phi) is 4.93. The Labute approximate surface area is 115 Å². The summed E-state index contributed by atoms with van der Waals surface area (Å²) in [6.45, 7) is 3.96. The number of aliphatic hydroxyl groups is 1. The molecule has 1 N–H and O–H groups in total. The zero-order chi connectivity index (χ0) is 13.5. The predicted octanol–water partition coefficient (Wildman–Crippen LogP) is 4.15. The number of hydrogen-bond donors (Lipinski definition) is 1. The molecule has 0 bridgehead atoms. The molecule has 0 aliphatic carbocycles. The maximum atomic E-state index is 9.09. The van der Waals surface area contributed by atoms with Crippen molar-refractivity contribution < 1.29 is 5.11 Å². The van der Waals surface area contributed by atoms with Gasteiger partial charge in [0.15, 0.2) is 0 Å². The van der Waals surface area contributed by atoms with Crippen molar-refractivity contribution in [2.75, 3.05) is 6.61 Å². The lowest BCUT2D eigenvalue weighted by Gasteiger charge is -2.18. The molecule has 2 aromatic rings. The van der Waals surface area contributed by atoms with E-state index in [9.17, 15) is 0 Å². The molecule has 0 unspecified atom stereocenters. The van der Waals surface area contributed by atoms with Crippen molar-refractivity contribution in [2.45, 2.75) is 18.8 Å². The molecule has 0 aromatic heterocycles. The average Bonchev–Trinajstić information content (AvgIpc) is 2.49. The molecule has 2 rings (SSSR count). The van der Waals surface area contributed by atoms with Gasteiger partial charge in [-0.2, -0.15) is 0 Å². The monoisotopic (exact) mass is 252 g/mol. The SMILES string of the molecule is C=C(CO)CCC(c1ccccc1)c1ccccc1. The van der Waals surface area contributed by atoms with Crippen LogP contribution < -0.4 is 0 Å². The van der Waals surface area contributed by atoms with Gasteiger partial charge in [-0.3, -0.25) is 0 Å². The second-order valence-corrected chi connectivity index (χ2v) is 4.82. The minimum atomic E-state index is 0.0797. The smallest absolute Gasteiger partial charge is 0.0639 e. The van der Waals surface area contributed by atoms with Crippen LogP contribution in [-0.2, 0) is 0 Å². The van der Waals surface area contributed by atoms with E-state index in [1.807, 2.05) is 12.1 Å². The number of benzene rings is 2. The number of aliphatic hydroxyl groups excluding tert-OH is 1. The van der Waals surface area contributed by atoms with Crippen LogP contribution in [0, 0.1) is 0 Å². The molecule has 0 radical (unpaired) electrons. The third kappa shape index (κ3) is 3.80. The molecule has 0 spiro atoms. The van der Waals surface area contributed by atoms with Gasteiger partial charge in [0.1, 0.15) is 0 Å². The van der Waals surface area contributed by atoms with Gasteiger partial charge >= 0.3 is 0 Å². The summed E-state index contributed by atoms with van der Waals surface area (Å²) in [5.74, 6) is 0.366. The van der Waals surface area contributed by atoms with Gasteiger partial charge in [-0.15, -0.1) is 0 Å². The van der Waals surface area contributed by atoms with E-state index in [2.05, 4.69) is 55.1 Å². The van der Waals surface area contributed by atoms with Gasteiger partial charge in [0.25, 0.3) is 0 Å². The molecule has 0 atom stereocenters. The molecule has 0 saturated heterocycles. The fourth-order valence-electron chi connectivity index (χ4n) is 2.32. The quantitative estimate of drug-likeness (QED) is 0.766. The molecule has 1 nitrogen and oxygen atoms in total. The van der Waals surface area contributed by atoms with Crippen molar-refractivity contribution >= 4 is 0 Å². The third-order valence-electron chi connectivity index (χ3n) is 3.41. The van der Waals surface area contributed by atoms with E-state index in [4.69, 9.17) is 5.11 Å². The topological polar surface area (TPSA) is 20.2 Å². The van der Waals surface area contributed by atoms with E-state index in [0.29, 0.717) is 5.92 Å². The summed E-state index contributed by atoms with van der Waals surface area (Å²) in [7, 11) is 0. The van der Waals surface area contributed by atoms with Crippen LogP contribution in [0.2, 0.25) is 0 Å². The third-order valence-corrected chi connectivity index (χ3v) is 3.41. The average molecular weight is 252 g/mol. The summed E-state index contributed by atoms with van der Waals surface area (Å²) in [5.41, 5.74) is 3.54. The summed E-state index contributed by atoms with van der Waals surface area (Å²) in [5, 5.41) is 9.09. The highest BCUT2D eigenvalue weighted by Crippen LogP contribution is 2.29. The van der Waals surface area contributed by atoms with Crippen molar-refractivity contribution in [3.8, 4) is 0 Å². The molecule has 98 valence electrons. The fourth-order valence-corrected chi connectivity index (χ4v) is 2.32. The van der Waals surface area contributed by atoms with Gasteiger partial charge in [0.05, 0.1) is 6.61 Å². The Morgan fingerprint density at radius 1 is 0.895 bits per heavy atom. The fraction of sp³-hybridized carbons (Fsp3) is 0.222. The maximum absolute atomic E-state index is 9.09. The summed E-state index contributed by atoms with van der Waals surface area (Å²) in [4.78, 5) is 0. The van der Waals surface area contributed by atoms with Crippen molar-refractivity contribution in [2.24, 2.45) is 0 Å². The molecule has 0 heterocycles. The van der Waals surface area contributed by atoms with E-state index >= 15 is 0 Å². The van der Waals surface area contributed by atoms with Gasteiger partial charge in [-0.25, -0.2) is 0 Å². The van der Waals surface area contributed by atoms with Gasteiger partial charge in [0.2, 0.25) is 0 Å². The van der Waals surface area contributed by atoms with Crippen LogP contribution in [-0.4, -0.2) is 11.7 Å². The zero-order valence-corrected chi connectivity index (χ0v) is 11.1. The highest BCUT2D eigenvalue weighted by molar-refractivity contribution is 5.32. The standard InChI is InChI=1S/C18H20O/c1-15(14-19)12-13-18(16-8-4-2-5-9-16)17-10-6-3-7-11-17/h2-11,18-19H,1,12-14H2. The van der Waals surface area contributed by atoms with Gasteiger partial charge in [-0.05, 0) is 24.0 Å². The van der Waals surface area contributed by atoms with Crippen LogP contribution >= 0.6 is 0 Å². The highest BCUT2D eigenvalue weighted by Gasteiger charge is 2.13. The van der Waals surface area contributed by atoms with Crippen molar-refractivity contribution in [1.82, 2.24) is 0 Å². The van der Waals surface area contributed by atoms with Crippen molar-refractivity contribution in [1.29, 1.82) is 0 Å². The van der Waals surface area contributed by atoms with Gasteiger partial charge in [0, 0.05) is 5.92 Å². The van der Waals surface area contributed by atoms with Crippen molar-refractivity contribution in [3.63, 3.8) is 0 Å². The summed E-state index contributed by atoms with van der Waals surface area (Å²) < 4.78 is 0. The summed E-state index contributed by atoms with van der Waals surface area (Å²) in [6.07, 6.45) is 1.83. The molecule has 1 heteroatoms. The molecule has 19 heavy (non-hydrogen) atoms. The van der Waals surface area contributed by atoms with Crippen LogP contribution in [0.1, 0.15) is 29.9 Å². The number of hydrogen-bond acceptors (Lipinski definition) is 1. The van der Waals surface area contributed by atoms with E-state index < -0.39 is 0 Å². The molecule has 0 amide bonds. The lowest BCUT2D eigenvalue weighted by Crippen LogP contribution is -2.02. The van der Waals surface area contributed by atoms with Gasteiger partial charge < -0.3 is 5.11 Å². The van der Waals surface area contributed by atoms with E-state index in [-0.39, 0.29) is 6.61 Å². The molecular formula is C18H20O. The Hall–Kier alpha value is -1.86. The predicted molar refractivity (Wildman–Crippen MR) is 80.2 cm³/mol. The van der Waals surface area contributed by atoms with E-state index in [0.717, 1.165) is 18.4 Å². The molecular weight excluding hydrogens is 232 g/mol. The Morgan fingerprint density at radius 3 is 1.79 bits per heavy atom.